The molecule has 0 spiro atoms. The van der Waals surface area contributed by atoms with Crippen LogP contribution in [0.2, 0.25) is 0 Å². The van der Waals surface area contributed by atoms with E-state index in [4.69, 9.17) is 4.74 Å². The molecule has 0 aliphatic rings. The predicted octanol–water partition coefficient (Wildman–Crippen LogP) is 8.43. The van der Waals surface area contributed by atoms with Crippen molar-refractivity contribution < 1.29 is 40.2 Å². The summed E-state index contributed by atoms with van der Waals surface area (Å²) in [5.74, 6) is -6.66. The fourth-order valence-electron chi connectivity index (χ4n) is 3.73. The zero-order chi connectivity index (χ0) is 26.0. The van der Waals surface area contributed by atoms with Crippen molar-refractivity contribution in [3.63, 3.8) is 0 Å². The van der Waals surface area contributed by atoms with Gasteiger partial charge in [-0.3, -0.25) is 0 Å². The zero-order valence-electron chi connectivity index (χ0n) is 18.6. The fraction of sp³-hybridized carbons (Fsp3) is 0.111. The monoisotopic (exact) mass is 506 g/mol. The highest BCUT2D eigenvalue weighted by atomic mass is 19.3. The molecule has 0 amide bonds. The Morgan fingerprint density at radius 2 is 1.47 bits per heavy atom. The molecular formula is C27H17F7O2. The average Bonchev–Trinajstić information content (AvgIpc) is 2.81. The first-order valence-electron chi connectivity index (χ1n) is 10.6. The first kappa shape index (κ1) is 25.1. The lowest BCUT2D eigenvalue weighted by Crippen LogP contribution is -2.06. The molecule has 0 bridgehead atoms. The van der Waals surface area contributed by atoms with Gasteiger partial charge in [0.05, 0.1) is 5.56 Å². The molecule has 0 aromatic heterocycles. The topological polar surface area (TPSA) is 18.5 Å². The van der Waals surface area contributed by atoms with E-state index in [0.29, 0.717) is 0 Å². The molecule has 9 heteroatoms. The molecule has 0 saturated heterocycles. The highest BCUT2D eigenvalue weighted by molar-refractivity contribution is 5.89. The Hall–Kier alpha value is -4.01. The van der Waals surface area contributed by atoms with E-state index in [1.165, 1.54) is 24.3 Å². The Kier molecular flexibility index (Phi) is 7.19. The summed E-state index contributed by atoms with van der Waals surface area (Å²) in [4.78, 5) is 0. The highest BCUT2D eigenvalue weighted by Crippen LogP contribution is 2.36. The molecule has 4 aromatic carbocycles. The van der Waals surface area contributed by atoms with Gasteiger partial charge in [-0.05, 0) is 41.6 Å². The molecule has 4 aromatic rings. The third-order valence-electron chi connectivity index (χ3n) is 5.36. The quantitative estimate of drug-likeness (QED) is 0.185. The molecule has 0 radical (unpaired) electrons. The summed E-state index contributed by atoms with van der Waals surface area (Å²) < 4.78 is 107. The second kappa shape index (κ2) is 10.3. The number of halogens is 7. The van der Waals surface area contributed by atoms with Crippen molar-refractivity contribution in [1.29, 1.82) is 0 Å². The van der Waals surface area contributed by atoms with Gasteiger partial charge in [0.25, 0.3) is 0 Å². The second-order valence-corrected chi connectivity index (χ2v) is 7.65. The van der Waals surface area contributed by atoms with Gasteiger partial charge in [0.2, 0.25) is 0 Å². The summed E-state index contributed by atoms with van der Waals surface area (Å²) in [5, 5.41) is -0.244. The van der Waals surface area contributed by atoms with E-state index >= 15 is 4.39 Å². The minimum atomic E-state index is -3.42. The molecule has 0 atom stereocenters. The number of hydrogen-bond acceptors (Lipinski definition) is 2. The molecule has 0 saturated carbocycles. The molecule has 0 unspecified atom stereocenters. The van der Waals surface area contributed by atoms with Gasteiger partial charge in [-0.1, -0.05) is 36.4 Å². The molecule has 0 heterocycles. The normalized spacial score (nSPS) is 11.6. The van der Waals surface area contributed by atoms with Crippen molar-refractivity contribution in [2.75, 3.05) is 6.61 Å². The Bertz CT molecular complexity index is 1440. The smallest absolute Gasteiger partial charge is 0.387 e. The van der Waals surface area contributed by atoms with Crippen LogP contribution in [-0.4, -0.2) is 13.2 Å². The zero-order valence-corrected chi connectivity index (χ0v) is 18.6. The van der Waals surface area contributed by atoms with Gasteiger partial charge < -0.3 is 9.47 Å². The van der Waals surface area contributed by atoms with Crippen LogP contribution in [0.15, 0.2) is 66.7 Å². The summed E-state index contributed by atoms with van der Waals surface area (Å²) in [5.41, 5.74) is -0.339. The van der Waals surface area contributed by atoms with E-state index in [9.17, 15) is 26.3 Å². The molecule has 0 aliphatic heterocycles. The first-order valence-corrected chi connectivity index (χ1v) is 10.6. The van der Waals surface area contributed by atoms with Crippen molar-refractivity contribution in [3.8, 4) is 33.8 Å². The minimum Gasteiger partial charge on any atom is -0.489 e. The van der Waals surface area contributed by atoms with Crippen molar-refractivity contribution >= 4 is 10.8 Å². The molecule has 186 valence electrons. The molecule has 4 rings (SSSR count). The van der Waals surface area contributed by atoms with Crippen LogP contribution in [0.1, 0.15) is 6.92 Å². The van der Waals surface area contributed by atoms with E-state index in [1.807, 2.05) is 0 Å². The fourth-order valence-corrected chi connectivity index (χ4v) is 3.73. The Labute approximate surface area is 201 Å². The lowest BCUT2D eigenvalue weighted by molar-refractivity contribution is -0.0544. The minimum absolute atomic E-state index is 0.0125. The number of allylic oxidation sites excluding steroid dienone is 1. The van der Waals surface area contributed by atoms with Crippen LogP contribution in [0, 0.1) is 29.1 Å². The van der Waals surface area contributed by atoms with Gasteiger partial charge in [0.15, 0.2) is 17.4 Å². The summed E-state index contributed by atoms with van der Waals surface area (Å²) >= 11 is 0. The second-order valence-electron chi connectivity index (χ2n) is 7.65. The largest absolute Gasteiger partial charge is 0.489 e. The number of benzene rings is 4. The summed E-state index contributed by atoms with van der Waals surface area (Å²) in [6.07, 6.45) is 3.37. The number of ether oxygens (including phenoxy) is 2. The molecular weight excluding hydrogens is 489 g/mol. The van der Waals surface area contributed by atoms with Crippen molar-refractivity contribution in [3.05, 3.63) is 95.8 Å². The Morgan fingerprint density at radius 1 is 0.778 bits per heavy atom. The third-order valence-corrected chi connectivity index (χ3v) is 5.36. The molecule has 0 N–H and O–H groups in total. The van der Waals surface area contributed by atoms with Crippen LogP contribution < -0.4 is 9.47 Å². The Morgan fingerprint density at radius 3 is 2.11 bits per heavy atom. The van der Waals surface area contributed by atoms with Crippen LogP contribution in [0.4, 0.5) is 30.7 Å². The van der Waals surface area contributed by atoms with Crippen LogP contribution in [0.3, 0.4) is 0 Å². The maximum Gasteiger partial charge on any atom is 0.387 e. The van der Waals surface area contributed by atoms with Crippen LogP contribution in [0.25, 0.3) is 33.0 Å². The van der Waals surface area contributed by atoms with Crippen LogP contribution in [0.5, 0.6) is 11.5 Å². The molecule has 0 fully saturated rings. The van der Waals surface area contributed by atoms with Crippen molar-refractivity contribution in [1.82, 2.24) is 0 Å². The van der Waals surface area contributed by atoms with E-state index in [1.54, 1.807) is 19.1 Å². The Balaban J connectivity index is 1.69. The lowest BCUT2D eigenvalue weighted by atomic mass is 9.97. The maximum absolute atomic E-state index is 15.0. The lowest BCUT2D eigenvalue weighted by Gasteiger charge is -2.12. The summed E-state index contributed by atoms with van der Waals surface area (Å²) in [6.45, 7) is -1.53. The van der Waals surface area contributed by atoms with E-state index in [-0.39, 0.29) is 39.8 Å². The molecule has 0 aliphatic carbocycles. The predicted molar refractivity (Wildman–Crippen MR) is 122 cm³/mol. The first-order chi connectivity index (χ1) is 17.2. The van der Waals surface area contributed by atoms with Gasteiger partial charge in [0, 0.05) is 23.1 Å². The molecule has 2 nitrogen and oxygen atoms in total. The van der Waals surface area contributed by atoms with Gasteiger partial charge in [0.1, 0.15) is 29.8 Å². The number of hydrogen-bond donors (Lipinski definition) is 0. The van der Waals surface area contributed by atoms with E-state index in [0.717, 1.165) is 30.3 Å². The van der Waals surface area contributed by atoms with E-state index < -0.39 is 47.0 Å². The summed E-state index contributed by atoms with van der Waals surface area (Å²) in [6, 6.07) is 9.98. The van der Waals surface area contributed by atoms with Gasteiger partial charge in [-0.15, -0.1) is 0 Å². The number of rotatable bonds is 7. The van der Waals surface area contributed by atoms with Crippen LogP contribution >= 0.6 is 0 Å². The van der Waals surface area contributed by atoms with Gasteiger partial charge >= 0.3 is 6.61 Å². The number of alkyl halides is 2. The standard InChI is InChI=1S/C27H17F7O2/c1-2-3-8-35-17-12-21(29)24(22(30)13-17)15-5-6-18(20(28)10-15)14-4-7-19-16(9-14)11-23(31)26(25(19)32)36-27(33)34/h2-7,9-13,27H,8H2,1H3. The average molecular weight is 506 g/mol. The van der Waals surface area contributed by atoms with Gasteiger partial charge in [-0.25, -0.2) is 22.0 Å². The summed E-state index contributed by atoms with van der Waals surface area (Å²) in [7, 11) is 0. The van der Waals surface area contributed by atoms with Crippen molar-refractivity contribution in [2.45, 2.75) is 13.5 Å². The number of fused-ring (bicyclic) bond motifs is 1. The van der Waals surface area contributed by atoms with Gasteiger partial charge in [-0.2, -0.15) is 8.78 Å². The SMILES string of the molecule is CC=CCOc1cc(F)c(-c2ccc(-c3ccc4c(F)c(OC(F)F)c(F)cc4c3)c(F)c2)c(F)c1. The van der Waals surface area contributed by atoms with Crippen molar-refractivity contribution in [2.24, 2.45) is 0 Å². The van der Waals surface area contributed by atoms with Crippen LogP contribution in [-0.2, 0) is 0 Å². The third kappa shape index (κ3) is 5.00. The van der Waals surface area contributed by atoms with E-state index in [2.05, 4.69) is 4.74 Å². The molecule has 36 heavy (non-hydrogen) atoms. The highest BCUT2D eigenvalue weighted by Gasteiger charge is 2.20. The maximum atomic E-state index is 15.0.